The first-order valence-corrected chi connectivity index (χ1v) is 9.33. The van der Waals surface area contributed by atoms with Crippen LogP contribution in [-0.2, 0) is 16.1 Å². The molecule has 0 saturated carbocycles. The van der Waals surface area contributed by atoms with Crippen LogP contribution in [0, 0.1) is 13.8 Å². The van der Waals surface area contributed by atoms with Gasteiger partial charge in [0.15, 0.2) is 6.61 Å². The van der Waals surface area contributed by atoms with E-state index in [4.69, 9.17) is 9.47 Å². The quantitative estimate of drug-likeness (QED) is 0.596. The van der Waals surface area contributed by atoms with Crippen LogP contribution in [0.2, 0.25) is 0 Å². The van der Waals surface area contributed by atoms with Crippen LogP contribution < -0.4 is 10.1 Å². The molecule has 3 aromatic carbocycles. The van der Waals surface area contributed by atoms with Crippen molar-refractivity contribution in [2.75, 3.05) is 11.9 Å². The first-order valence-electron chi connectivity index (χ1n) is 9.33. The smallest absolute Gasteiger partial charge is 0.342 e. The molecular weight excluding hydrogens is 366 g/mol. The highest BCUT2D eigenvalue weighted by Crippen LogP contribution is 2.21. The van der Waals surface area contributed by atoms with Gasteiger partial charge in [0.25, 0.3) is 5.91 Å². The molecule has 1 N–H and O–H groups in total. The SMILES string of the molecule is Cc1ccc(C)c(NC(=O)COC(=O)c2ccccc2OCc2ccccc2)c1. The lowest BCUT2D eigenvalue weighted by atomic mass is 10.1. The third kappa shape index (κ3) is 5.69. The van der Waals surface area contributed by atoms with E-state index in [9.17, 15) is 9.59 Å². The maximum absolute atomic E-state index is 12.5. The number of hydrogen-bond donors (Lipinski definition) is 1. The highest BCUT2D eigenvalue weighted by atomic mass is 16.5. The van der Waals surface area contributed by atoms with E-state index in [1.807, 2.05) is 62.4 Å². The first kappa shape index (κ1) is 20.1. The number of nitrogens with one attached hydrogen (secondary N) is 1. The predicted molar refractivity (Wildman–Crippen MR) is 112 cm³/mol. The number of carbonyl (C=O) groups is 2. The second-order valence-electron chi connectivity index (χ2n) is 6.71. The van der Waals surface area contributed by atoms with Crippen molar-refractivity contribution < 1.29 is 19.1 Å². The van der Waals surface area contributed by atoms with E-state index in [0.717, 1.165) is 16.7 Å². The van der Waals surface area contributed by atoms with E-state index in [1.165, 1.54) is 0 Å². The van der Waals surface area contributed by atoms with Crippen LogP contribution >= 0.6 is 0 Å². The molecular formula is C24H23NO4. The van der Waals surface area contributed by atoms with E-state index in [-0.39, 0.29) is 12.2 Å². The number of esters is 1. The van der Waals surface area contributed by atoms with Crippen molar-refractivity contribution >= 4 is 17.6 Å². The van der Waals surface area contributed by atoms with Gasteiger partial charge in [-0.15, -0.1) is 0 Å². The van der Waals surface area contributed by atoms with Crippen molar-refractivity contribution in [3.8, 4) is 5.75 Å². The van der Waals surface area contributed by atoms with Crippen molar-refractivity contribution in [3.05, 3.63) is 95.1 Å². The van der Waals surface area contributed by atoms with Gasteiger partial charge < -0.3 is 14.8 Å². The van der Waals surface area contributed by atoms with E-state index < -0.39 is 11.9 Å². The Hall–Kier alpha value is -3.60. The number of aryl methyl sites for hydroxylation is 2. The van der Waals surface area contributed by atoms with Crippen LogP contribution in [0.15, 0.2) is 72.8 Å². The molecule has 0 radical (unpaired) electrons. The normalized spacial score (nSPS) is 10.3. The van der Waals surface area contributed by atoms with Crippen molar-refractivity contribution in [2.24, 2.45) is 0 Å². The summed E-state index contributed by atoms with van der Waals surface area (Å²) in [7, 11) is 0. The van der Waals surface area contributed by atoms with Gasteiger partial charge in [0, 0.05) is 5.69 Å². The topological polar surface area (TPSA) is 64.6 Å². The van der Waals surface area contributed by atoms with Gasteiger partial charge in [-0.25, -0.2) is 4.79 Å². The minimum absolute atomic E-state index is 0.281. The van der Waals surface area contributed by atoms with E-state index in [1.54, 1.807) is 24.3 Å². The number of anilines is 1. The van der Waals surface area contributed by atoms with Gasteiger partial charge in [-0.3, -0.25) is 4.79 Å². The van der Waals surface area contributed by atoms with Crippen LogP contribution in [0.4, 0.5) is 5.69 Å². The Labute approximate surface area is 170 Å². The summed E-state index contributed by atoms with van der Waals surface area (Å²) in [6.07, 6.45) is 0. The number of rotatable bonds is 7. The van der Waals surface area contributed by atoms with Crippen molar-refractivity contribution in [1.82, 2.24) is 0 Å². The lowest BCUT2D eigenvalue weighted by molar-refractivity contribution is -0.119. The average Bonchev–Trinajstić information content (AvgIpc) is 2.74. The summed E-state index contributed by atoms with van der Waals surface area (Å²) in [5.74, 6) is -0.587. The fourth-order valence-corrected chi connectivity index (χ4v) is 2.76. The third-order valence-corrected chi connectivity index (χ3v) is 4.35. The number of hydrogen-bond acceptors (Lipinski definition) is 4. The molecule has 5 heteroatoms. The summed E-state index contributed by atoms with van der Waals surface area (Å²) in [6.45, 7) is 3.81. The minimum Gasteiger partial charge on any atom is -0.488 e. The molecule has 5 nitrogen and oxygen atoms in total. The summed E-state index contributed by atoms with van der Waals surface area (Å²) < 4.78 is 11.0. The van der Waals surface area contributed by atoms with Crippen molar-refractivity contribution in [2.45, 2.75) is 20.5 Å². The summed E-state index contributed by atoms with van der Waals surface area (Å²) in [5.41, 5.74) is 3.95. The lowest BCUT2D eigenvalue weighted by Gasteiger charge is -2.12. The molecule has 0 spiro atoms. The zero-order valence-corrected chi connectivity index (χ0v) is 16.5. The Morgan fingerprint density at radius 1 is 0.897 bits per heavy atom. The Morgan fingerprint density at radius 2 is 1.62 bits per heavy atom. The highest BCUT2D eigenvalue weighted by molar-refractivity contribution is 5.97. The monoisotopic (exact) mass is 389 g/mol. The molecule has 0 aromatic heterocycles. The first-order chi connectivity index (χ1) is 14.0. The lowest BCUT2D eigenvalue weighted by Crippen LogP contribution is -2.21. The fraction of sp³-hybridized carbons (Fsp3) is 0.167. The van der Waals surface area contributed by atoms with Crippen LogP contribution in [-0.4, -0.2) is 18.5 Å². The molecule has 0 saturated heterocycles. The van der Waals surface area contributed by atoms with Gasteiger partial charge in [-0.1, -0.05) is 54.6 Å². The number of carbonyl (C=O) groups excluding carboxylic acids is 2. The van der Waals surface area contributed by atoms with Crippen LogP contribution in [0.5, 0.6) is 5.75 Å². The van der Waals surface area contributed by atoms with Crippen molar-refractivity contribution in [1.29, 1.82) is 0 Å². The van der Waals surface area contributed by atoms with Gasteiger partial charge in [0.1, 0.15) is 17.9 Å². The Kier molecular flexibility index (Phi) is 6.63. The molecule has 0 aliphatic rings. The summed E-state index contributed by atoms with van der Waals surface area (Å²) >= 11 is 0. The van der Waals surface area contributed by atoms with E-state index >= 15 is 0 Å². The third-order valence-electron chi connectivity index (χ3n) is 4.35. The van der Waals surface area contributed by atoms with E-state index in [2.05, 4.69) is 5.32 Å². The van der Waals surface area contributed by atoms with Gasteiger partial charge in [-0.2, -0.15) is 0 Å². The second kappa shape index (κ2) is 9.55. The molecule has 0 atom stereocenters. The fourth-order valence-electron chi connectivity index (χ4n) is 2.76. The summed E-state index contributed by atoms with van der Waals surface area (Å²) in [5, 5.41) is 2.77. The number of ether oxygens (including phenoxy) is 2. The molecule has 0 bridgehead atoms. The molecule has 0 heterocycles. The molecule has 1 amide bonds. The number of para-hydroxylation sites is 1. The molecule has 3 aromatic rings. The zero-order valence-electron chi connectivity index (χ0n) is 16.5. The van der Waals surface area contributed by atoms with Gasteiger partial charge >= 0.3 is 5.97 Å². The minimum atomic E-state index is -0.607. The molecule has 0 aliphatic carbocycles. The van der Waals surface area contributed by atoms with E-state index in [0.29, 0.717) is 18.0 Å². The molecule has 3 rings (SSSR count). The maximum atomic E-state index is 12.5. The van der Waals surface area contributed by atoms with Gasteiger partial charge in [0.2, 0.25) is 0 Å². The zero-order chi connectivity index (χ0) is 20.6. The summed E-state index contributed by atoms with van der Waals surface area (Å²) in [4.78, 5) is 24.7. The largest absolute Gasteiger partial charge is 0.488 e. The maximum Gasteiger partial charge on any atom is 0.342 e. The Morgan fingerprint density at radius 3 is 2.41 bits per heavy atom. The van der Waals surface area contributed by atoms with Crippen LogP contribution in [0.3, 0.4) is 0 Å². The van der Waals surface area contributed by atoms with Gasteiger partial charge in [-0.05, 0) is 48.7 Å². The Bertz CT molecular complexity index is 999. The van der Waals surface area contributed by atoms with Gasteiger partial charge in [0.05, 0.1) is 0 Å². The number of benzene rings is 3. The molecule has 148 valence electrons. The average molecular weight is 389 g/mol. The summed E-state index contributed by atoms with van der Waals surface area (Å²) in [6, 6.07) is 22.3. The molecule has 29 heavy (non-hydrogen) atoms. The van der Waals surface area contributed by atoms with Crippen molar-refractivity contribution in [3.63, 3.8) is 0 Å². The molecule has 0 fully saturated rings. The highest BCUT2D eigenvalue weighted by Gasteiger charge is 2.16. The number of amides is 1. The second-order valence-corrected chi connectivity index (χ2v) is 6.71. The van der Waals surface area contributed by atoms with Crippen LogP contribution in [0.25, 0.3) is 0 Å². The predicted octanol–water partition coefficient (Wildman–Crippen LogP) is 4.68. The molecule has 0 unspecified atom stereocenters. The standard InChI is InChI=1S/C24H23NO4/c1-17-12-13-18(2)21(14-17)25-23(26)16-29-24(27)20-10-6-7-11-22(20)28-15-19-8-4-3-5-9-19/h3-14H,15-16H2,1-2H3,(H,25,26). The molecule has 0 aliphatic heterocycles. The van der Waals surface area contributed by atoms with Crippen LogP contribution in [0.1, 0.15) is 27.0 Å². The Balaban J connectivity index is 1.59.